The van der Waals surface area contributed by atoms with Crippen LogP contribution in [0.25, 0.3) is 0 Å². The molecule has 0 saturated carbocycles. The first-order valence-electron chi connectivity index (χ1n) is 6.32. The van der Waals surface area contributed by atoms with Crippen LogP contribution in [-0.4, -0.2) is 54.1 Å². The van der Waals surface area contributed by atoms with E-state index in [1.54, 1.807) is 7.05 Å². The molecular formula is C14H15FN2O3. The summed E-state index contributed by atoms with van der Waals surface area (Å²) in [6.45, 7) is 1.10. The van der Waals surface area contributed by atoms with E-state index in [0.29, 0.717) is 18.7 Å². The summed E-state index contributed by atoms with van der Waals surface area (Å²) in [5.41, 5.74) is 0.402. The molecule has 6 heteroatoms. The minimum Gasteiger partial charge on any atom is -0.336 e. The topological polar surface area (TPSA) is 57.7 Å². The number of hydrogen-bond donors (Lipinski definition) is 0. The average Bonchev–Trinajstić information content (AvgIpc) is 2.44. The van der Waals surface area contributed by atoms with Crippen molar-refractivity contribution in [1.29, 1.82) is 0 Å². The lowest BCUT2D eigenvalue weighted by Crippen LogP contribution is -2.53. The predicted molar refractivity (Wildman–Crippen MR) is 69.6 cm³/mol. The van der Waals surface area contributed by atoms with E-state index in [2.05, 4.69) is 0 Å². The summed E-state index contributed by atoms with van der Waals surface area (Å²) in [5, 5.41) is 0. The van der Waals surface area contributed by atoms with Crippen molar-refractivity contribution in [2.45, 2.75) is 6.42 Å². The zero-order valence-electron chi connectivity index (χ0n) is 11.1. The molecular weight excluding hydrogens is 263 g/mol. The lowest BCUT2D eigenvalue weighted by molar-refractivity contribution is -0.154. The predicted octanol–water partition coefficient (Wildman–Crippen LogP) is 0.699. The van der Waals surface area contributed by atoms with Crippen molar-refractivity contribution in [2.75, 3.05) is 26.7 Å². The van der Waals surface area contributed by atoms with Crippen molar-refractivity contribution in [3.05, 3.63) is 35.6 Å². The summed E-state index contributed by atoms with van der Waals surface area (Å²) >= 11 is 0. The number of piperazine rings is 1. The number of benzene rings is 1. The number of amides is 2. The second kappa shape index (κ2) is 5.81. The van der Waals surface area contributed by atoms with Crippen LogP contribution in [0.4, 0.5) is 4.39 Å². The first-order chi connectivity index (χ1) is 9.49. The van der Waals surface area contributed by atoms with Crippen LogP contribution in [0, 0.1) is 5.82 Å². The summed E-state index contributed by atoms with van der Waals surface area (Å²) in [4.78, 5) is 37.8. The first kappa shape index (κ1) is 14.2. The molecule has 1 fully saturated rings. The molecule has 1 aromatic carbocycles. The molecule has 1 aliphatic rings. The van der Waals surface area contributed by atoms with Gasteiger partial charge in [0.25, 0.3) is 0 Å². The van der Waals surface area contributed by atoms with E-state index < -0.39 is 17.6 Å². The summed E-state index contributed by atoms with van der Waals surface area (Å²) in [7, 11) is 1.57. The monoisotopic (exact) mass is 278 g/mol. The van der Waals surface area contributed by atoms with Crippen LogP contribution in [0.2, 0.25) is 0 Å². The molecule has 1 aliphatic heterocycles. The van der Waals surface area contributed by atoms with Gasteiger partial charge in [-0.2, -0.15) is 0 Å². The van der Waals surface area contributed by atoms with Gasteiger partial charge in [0.15, 0.2) is 5.78 Å². The van der Waals surface area contributed by atoms with Crippen LogP contribution in [0.5, 0.6) is 0 Å². The van der Waals surface area contributed by atoms with Crippen LogP contribution in [0.15, 0.2) is 24.3 Å². The molecule has 0 unspecified atom stereocenters. The molecule has 1 heterocycles. The molecule has 5 nitrogen and oxygen atoms in total. The maximum Gasteiger partial charge on any atom is 0.312 e. The Morgan fingerprint density at radius 1 is 1.15 bits per heavy atom. The fourth-order valence-corrected chi connectivity index (χ4v) is 2.00. The SMILES string of the molecule is CN1CCN(CCC(=O)c2ccc(F)cc2)C(=O)C1=O. The standard InChI is InChI=1S/C14H15FN2O3/c1-16-8-9-17(14(20)13(16)19)7-6-12(18)10-2-4-11(15)5-3-10/h2-5H,6-9H2,1H3. The number of carbonyl (C=O) groups is 3. The van der Waals surface area contributed by atoms with Gasteiger partial charge in [0.2, 0.25) is 0 Å². The number of likely N-dealkylation sites (N-methyl/N-ethyl adjacent to an activating group) is 1. The fourth-order valence-electron chi connectivity index (χ4n) is 2.00. The molecule has 0 atom stereocenters. The van der Waals surface area contributed by atoms with Gasteiger partial charge in [0.05, 0.1) is 0 Å². The summed E-state index contributed by atoms with van der Waals surface area (Å²) in [6.07, 6.45) is 0.119. The second-order valence-corrected chi connectivity index (χ2v) is 4.70. The number of hydrogen-bond acceptors (Lipinski definition) is 3. The van der Waals surface area contributed by atoms with Gasteiger partial charge in [-0.05, 0) is 24.3 Å². The van der Waals surface area contributed by atoms with Gasteiger partial charge in [0.1, 0.15) is 5.82 Å². The van der Waals surface area contributed by atoms with Crippen LogP contribution in [0.1, 0.15) is 16.8 Å². The number of halogens is 1. The van der Waals surface area contributed by atoms with E-state index in [9.17, 15) is 18.8 Å². The van der Waals surface area contributed by atoms with Crippen LogP contribution >= 0.6 is 0 Å². The average molecular weight is 278 g/mol. The summed E-state index contributed by atoms with van der Waals surface area (Å²) in [5.74, 6) is -1.71. The Kier molecular flexibility index (Phi) is 4.12. The molecule has 2 amide bonds. The van der Waals surface area contributed by atoms with E-state index in [1.807, 2.05) is 0 Å². The zero-order chi connectivity index (χ0) is 14.7. The molecule has 0 aliphatic carbocycles. The van der Waals surface area contributed by atoms with Crippen molar-refractivity contribution >= 4 is 17.6 Å². The largest absolute Gasteiger partial charge is 0.336 e. The second-order valence-electron chi connectivity index (χ2n) is 4.70. The van der Waals surface area contributed by atoms with Gasteiger partial charge in [-0.15, -0.1) is 0 Å². The Bertz CT molecular complexity index is 542. The van der Waals surface area contributed by atoms with Gasteiger partial charge in [-0.1, -0.05) is 0 Å². The van der Waals surface area contributed by atoms with E-state index in [-0.39, 0.29) is 18.7 Å². The Labute approximate surface area is 116 Å². The van der Waals surface area contributed by atoms with Gasteiger partial charge in [0, 0.05) is 38.7 Å². The van der Waals surface area contributed by atoms with E-state index in [4.69, 9.17) is 0 Å². The minimum absolute atomic E-state index is 0.119. The van der Waals surface area contributed by atoms with Gasteiger partial charge < -0.3 is 9.80 Å². The van der Waals surface area contributed by atoms with Crippen LogP contribution < -0.4 is 0 Å². The first-order valence-corrected chi connectivity index (χ1v) is 6.32. The maximum absolute atomic E-state index is 12.8. The Morgan fingerprint density at radius 2 is 1.80 bits per heavy atom. The highest BCUT2D eigenvalue weighted by Gasteiger charge is 2.30. The Morgan fingerprint density at radius 3 is 2.45 bits per heavy atom. The van der Waals surface area contributed by atoms with Gasteiger partial charge in [-0.3, -0.25) is 14.4 Å². The van der Waals surface area contributed by atoms with Crippen molar-refractivity contribution in [2.24, 2.45) is 0 Å². The molecule has 2 rings (SSSR count). The van der Waals surface area contributed by atoms with Crippen molar-refractivity contribution in [1.82, 2.24) is 9.80 Å². The Hall–Kier alpha value is -2.24. The molecule has 0 radical (unpaired) electrons. The molecule has 20 heavy (non-hydrogen) atoms. The summed E-state index contributed by atoms with van der Waals surface area (Å²) < 4.78 is 12.8. The molecule has 106 valence electrons. The lowest BCUT2D eigenvalue weighted by Gasteiger charge is -2.31. The zero-order valence-corrected chi connectivity index (χ0v) is 11.1. The van der Waals surface area contributed by atoms with Gasteiger partial charge in [-0.25, -0.2) is 4.39 Å². The number of carbonyl (C=O) groups excluding carboxylic acids is 3. The Balaban J connectivity index is 1.92. The normalized spacial score (nSPS) is 15.7. The molecule has 1 saturated heterocycles. The van der Waals surface area contributed by atoms with Crippen LogP contribution in [0.3, 0.4) is 0 Å². The molecule has 0 aromatic heterocycles. The third-order valence-electron chi connectivity index (χ3n) is 3.30. The van der Waals surface area contributed by atoms with Gasteiger partial charge >= 0.3 is 11.8 Å². The highest BCUT2D eigenvalue weighted by Crippen LogP contribution is 2.09. The molecule has 0 spiro atoms. The number of Topliss-reactive ketones (excluding diaryl/α,β-unsaturated/α-hetero) is 1. The number of rotatable bonds is 4. The number of nitrogens with zero attached hydrogens (tertiary/aromatic N) is 2. The van der Waals surface area contributed by atoms with E-state index in [0.717, 1.165) is 0 Å². The quantitative estimate of drug-likeness (QED) is 0.602. The molecule has 0 N–H and O–H groups in total. The highest BCUT2D eigenvalue weighted by atomic mass is 19.1. The van der Waals surface area contributed by atoms with Crippen molar-refractivity contribution in [3.8, 4) is 0 Å². The minimum atomic E-state index is -0.578. The lowest BCUT2D eigenvalue weighted by atomic mass is 10.1. The highest BCUT2D eigenvalue weighted by molar-refractivity contribution is 6.35. The summed E-state index contributed by atoms with van der Waals surface area (Å²) in [6, 6.07) is 5.26. The van der Waals surface area contributed by atoms with E-state index in [1.165, 1.54) is 34.1 Å². The third-order valence-corrected chi connectivity index (χ3v) is 3.30. The fraction of sp³-hybridized carbons (Fsp3) is 0.357. The molecule has 0 bridgehead atoms. The number of ketones is 1. The van der Waals surface area contributed by atoms with Crippen LogP contribution in [-0.2, 0) is 9.59 Å². The van der Waals surface area contributed by atoms with Crippen molar-refractivity contribution in [3.63, 3.8) is 0 Å². The smallest absolute Gasteiger partial charge is 0.312 e. The third kappa shape index (κ3) is 3.01. The molecule has 1 aromatic rings. The van der Waals surface area contributed by atoms with Crippen molar-refractivity contribution < 1.29 is 18.8 Å². The van der Waals surface area contributed by atoms with E-state index >= 15 is 0 Å². The maximum atomic E-state index is 12.8.